The maximum Gasteiger partial charge on any atom is 0.322 e. The molecule has 1 N–H and O–H groups in total. The SMILES string of the molecule is COc1ccc(OC)c(C2CCCN2C(=O)Nc2cccc([N+](=O)[O-])c2)c1. The lowest BCUT2D eigenvalue weighted by atomic mass is 10.0. The molecule has 1 unspecified atom stereocenters. The molecule has 1 atom stereocenters. The lowest BCUT2D eigenvalue weighted by Gasteiger charge is -2.27. The third-order valence-electron chi connectivity index (χ3n) is 4.62. The topological polar surface area (TPSA) is 93.9 Å². The molecule has 8 nitrogen and oxygen atoms in total. The van der Waals surface area contributed by atoms with Crippen LogP contribution in [-0.2, 0) is 0 Å². The molecule has 2 aromatic carbocycles. The van der Waals surface area contributed by atoms with Crippen LogP contribution in [0.2, 0.25) is 0 Å². The minimum atomic E-state index is -0.491. The van der Waals surface area contributed by atoms with Crippen LogP contribution >= 0.6 is 0 Å². The number of carbonyl (C=O) groups excluding carboxylic acids is 1. The van der Waals surface area contributed by atoms with Gasteiger partial charge in [-0.25, -0.2) is 4.79 Å². The molecule has 2 aromatic rings. The van der Waals surface area contributed by atoms with E-state index in [4.69, 9.17) is 9.47 Å². The Bertz CT molecular complexity index is 855. The number of urea groups is 1. The third kappa shape index (κ3) is 3.94. The number of hydrogen-bond acceptors (Lipinski definition) is 5. The second-order valence-corrected chi connectivity index (χ2v) is 6.20. The lowest BCUT2D eigenvalue weighted by Crippen LogP contribution is -2.34. The fraction of sp³-hybridized carbons (Fsp3) is 0.316. The van der Waals surface area contributed by atoms with E-state index in [1.54, 1.807) is 31.3 Å². The van der Waals surface area contributed by atoms with Gasteiger partial charge in [0.15, 0.2) is 0 Å². The highest BCUT2D eigenvalue weighted by molar-refractivity contribution is 5.90. The van der Waals surface area contributed by atoms with Crippen LogP contribution in [0.25, 0.3) is 0 Å². The van der Waals surface area contributed by atoms with E-state index in [1.807, 2.05) is 18.2 Å². The maximum absolute atomic E-state index is 12.8. The van der Waals surface area contributed by atoms with E-state index in [-0.39, 0.29) is 17.8 Å². The number of anilines is 1. The largest absolute Gasteiger partial charge is 0.497 e. The molecule has 1 aliphatic rings. The number of nitrogens with one attached hydrogen (secondary N) is 1. The van der Waals surface area contributed by atoms with Crippen LogP contribution in [0.4, 0.5) is 16.2 Å². The quantitative estimate of drug-likeness (QED) is 0.634. The fourth-order valence-corrected chi connectivity index (χ4v) is 3.33. The van der Waals surface area contributed by atoms with E-state index in [2.05, 4.69) is 5.32 Å². The summed E-state index contributed by atoms with van der Waals surface area (Å²) in [5, 5.41) is 13.7. The minimum Gasteiger partial charge on any atom is -0.497 e. The van der Waals surface area contributed by atoms with Gasteiger partial charge in [-0.3, -0.25) is 10.1 Å². The number of rotatable bonds is 5. The Labute approximate surface area is 156 Å². The molecule has 1 saturated heterocycles. The van der Waals surface area contributed by atoms with E-state index in [0.29, 0.717) is 23.7 Å². The summed E-state index contributed by atoms with van der Waals surface area (Å²) in [5.74, 6) is 1.38. The van der Waals surface area contributed by atoms with Crippen LogP contribution in [0.1, 0.15) is 24.4 Å². The number of nitro benzene ring substituents is 1. The zero-order valence-electron chi connectivity index (χ0n) is 15.2. The van der Waals surface area contributed by atoms with Crippen molar-refractivity contribution in [2.45, 2.75) is 18.9 Å². The van der Waals surface area contributed by atoms with Crippen LogP contribution in [0.3, 0.4) is 0 Å². The third-order valence-corrected chi connectivity index (χ3v) is 4.62. The smallest absolute Gasteiger partial charge is 0.322 e. The van der Waals surface area contributed by atoms with Crippen LogP contribution in [0, 0.1) is 10.1 Å². The average molecular weight is 371 g/mol. The van der Waals surface area contributed by atoms with Gasteiger partial charge < -0.3 is 19.7 Å². The Morgan fingerprint density at radius 3 is 2.74 bits per heavy atom. The number of ether oxygens (including phenoxy) is 2. The van der Waals surface area contributed by atoms with Gasteiger partial charge in [0.25, 0.3) is 5.69 Å². The van der Waals surface area contributed by atoms with Crippen molar-refractivity contribution < 1.29 is 19.2 Å². The molecule has 1 heterocycles. The molecule has 27 heavy (non-hydrogen) atoms. The zero-order chi connectivity index (χ0) is 19.4. The number of non-ortho nitro benzene ring substituents is 1. The summed E-state index contributed by atoms with van der Waals surface area (Å²) >= 11 is 0. The first kappa shape index (κ1) is 18.5. The van der Waals surface area contributed by atoms with Gasteiger partial charge in [-0.2, -0.15) is 0 Å². The summed E-state index contributed by atoms with van der Waals surface area (Å²) in [6, 6.07) is 10.9. The number of amides is 2. The molecule has 0 aromatic heterocycles. The van der Waals surface area contributed by atoms with Crippen molar-refractivity contribution in [1.82, 2.24) is 4.90 Å². The molecule has 3 rings (SSSR count). The van der Waals surface area contributed by atoms with Crippen LogP contribution in [0.5, 0.6) is 11.5 Å². The Morgan fingerprint density at radius 1 is 1.22 bits per heavy atom. The number of methoxy groups -OCH3 is 2. The molecule has 0 aliphatic carbocycles. The zero-order valence-corrected chi connectivity index (χ0v) is 15.2. The Balaban J connectivity index is 1.83. The standard InChI is InChI=1S/C19H21N3O5/c1-26-15-8-9-18(27-2)16(12-15)17-7-4-10-21(17)19(23)20-13-5-3-6-14(11-13)22(24)25/h3,5-6,8-9,11-12,17H,4,7,10H2,1-2H3,(H,20,23). The Hall–Kier alpha value is -3.29. The summed E-state index contributed by atoms with van der Waals surface area (Å²) in [5.41, 5.74) is 1.20. The van der Waals surface area contributed by atoms with E-state index in [1.165, 1.54) is 12.1 Å². The van der Waals surface area contributed by atoms with Crippen molar-refractivity contribution in [2.24, 2.45) is 0 Å². The number of nitro groups is 1. The van der Waals surface area contributed by atoms with Crippen molar-refractivity contribution in [3.63, 3.8) is 0 Å². The summed E-state index contributed by atoms with van der Waals surface area (Å²) in [4.78, 5) is 25.0. The van der Waals surface area contributed by atoms with E-state index in [9.17, 15) is 14.9 Å². The van der Waals surface area contributed by atoms with Gasteiger partial charge >= 0.3 is 6.03 Å². The second-order valence-electron chi connectivity index (χ2n) is 6.20. The van der Waals surface area contributed by atoms with Gasteiger partial charge in [-0.15, -0.1) is 0 Å². The molecular formula is C19H21N3O5. The monoisotopic (exact) mass is 371 g/mol. The molecule has 0 radical (unpaired) electrons. The van der Waals surface area contributed by atoms with Crippen molar-refractivity contribution in [1.29, 1.82) is 0 Å². The predicted molar refractivity (Wildman–Crippen MR) is 100 cm³/mol. The van der Waals surface area contributed by atoms with Gasteiger partial charge in [0.2, 0.25) is 0 Å². The first-order valence-electron chi connectivity index (χ1n) is 8.57. The highest BCUT2D eigenvalue weighted by atomic mass is 16.6. The molecule has 1 aliphatic heterocycles. The normalized spacial score (nSPS) is 16.1. The van der Waals surface area contributed by atoms with Gasteiger partial charge in [-0.1, -0.05) is 6.07 Å². The molecule has 1 fully saturated rings. The molecule has 142 valence electrons. The minimum absolute atomic E-state index is 0.0692. The van der Waals surface area contributed by atoms with Gasteiger partial charge in [0.1, 0.15) is 11.5 Å². The Kier molecular flexibility index (Phi) is 5.44. The summed E-state index contributed by atoms with van der Waals surface area (Å²) < 4.78 is 10.8. The summed E-state index contributed by atoms with van der Waals surface area (Å²) in [6.45, 7) is 0.589. The molecule has 2 amide bonds. The number of benzene rings is 2. The molecule has 0 saturated carbocycles. The molecule has 0 bridgehead atoms. The van der Waals surface area contributed by atoms with Crippen molar-refractivity contribution >= 4 is 17.4 Å². The fourth-order valence-electron chi connectivity index (χ4n) is 3.33. The number of nitrogens with zero attached hydrogens (tertiary/aromatic N) is 2. The number of carbonyl (C=O) groups is 1. The van der Waals surface area contributed by atoms with Gasteiger partial charge in [-0.05, 0) is 37.1 Å². The van der Waals surface area contributed by atoms with E-state index >= 15 is 0 Å². The van der Waals surface area contributed by atoms with Crippen LogP contribution in [-0.4, -0.2) is 36.6 Å². The molecule has 0 spiro atoms. The van der Waals surface area contributed by atoms with Crippen molar-refractivity contribution in [3.05, 3.63) is 58.1 Å². The highest BCUT2D eigenvalue weighted by Gasteiger charge is 2.32. The molecular weight excluding hydrogens is 350 g/mol. The number of likely N-dealkylation sites (tertiary alicyclic amines) is 1. The Morgan fingerprint density at radius 2 is 2.04 bits per heavy atom. The first-order valence-corrected chi connectivity index (χ1v) is 8.57. The summed E-state index contributed by atoms with van der Waals surface area (Å²) in [6.07, 6.45) is 1.65. The average Bonchev–Trinajstić information content (AvgIpc) is 3.17. The van der Waals surface area contributed by atoms with Crippen LogP contribution < -0.4 is 14.8 Å². The second kappa shape index (κ2) is 7.94. The van der Waals surface area contributed by atoms with Crippen LogP contribution in [0.15, 0.2) is 42.5 Å². The van der Waals surface area contributed by atoms with Crippen molar-refractivity contribution in [2.75, 3.05) is 26.1 Å². The predicted octanol–water partition coefficient (Wildman–Crippen LogP) is 3.98. The maximum atomic E-state index is 12.8. The number of hydrogen-bond donors (Lipinski definition) is 1. The van der Waals surface area contributed by atoms with E-state index < -0.39 is 4.92 Å². The summed E-state index contributed by atoms with van der Waals surface area (Å²) in [7, 11) is 3.18. The molecule has 8 heteroatoms. The van der Waals surface area contributed by atoms with Gasteiger partial charge in [0.05, 0.1) is 25.2 Å². The van der Waals surface area contributed by atoms with E-state index in [0.717, 1.165) is 18.4 Å². The first-order chi connectivity index (χ1) is 13.0. The van der Waals surface area contributed by atoms with Gasteiger partial charge in [0, 0.05) is 29.9 Å². The lowest BCUT2D eigenvalue weighted by molar-refractivity contribution is -0.384. The highest BCUT2D eigenvalue weighted by Crippen LogP contribution is 2.39. The van der Waals surface area contributed by atoms with Crippen molar-refractivity contribution in [3.8, 4) is 11.5 Å².